The lowest BCUT2D eigenvalue weighted by molar-refractivity contribution is 0.342. The highest BCUT2D eigenvalue weighted by Crippen LogP contribution is 2.30. The number of para-hydroxylation sites is 2. The van der Waals surface area contributed by atoms with Gasteiger partial charge in [0.05, 0.1) is 24.3 Å². The monoisotopic (exact) mass is 335 g/mol. The van der Waals surface area contributed by atoms with Gasteiger partial charge < -0.3 is 9.47 Å². The molecule has 1 N–H and O–H groups in total. The molecule has 0 saturated heterocycles. The normalized spacial score (nSPS) is 11.1. The van der Waals surface area contributed by atoms with E-state index in [0.717, 1.165) is 5.56 Å². The number of ether oxygens (including phenoxy) is 2. The van der Waals surface area contributed by atoms with Crippen LogP contribution >= 0.6 is 0 Å². The highest BCUT2D eigenvalue weighted by molar-refractivity contribution is 7.92. The summed E-state index contributed by atoms with van der Waals surface area (Å²) in [6.07, 6.45) is 0. The molecule has 0 heterocycles. The van der Waals surface area contributed by atoms with Crippen LogP contribution in [0.3, 0.4) is 0 Å². The van der Waals surface area contributed by atoms with E-state index in [4.69, 9.17) is 9.47 Å². The van der Waals surface area contributed by atoms with Crippen LogP contribution < -0.4 is 14.2 Å². The Morgan fingerprint density at radius 1 is 1.04 bits per heavy atom. The summed E-state index contributed by atoms with van der Waals surface area (Å²) in [7, 11) is -2.16. The van der Waals surface area contributed by atoms with Gasteiger partial charge in [-0.15, -0.1) is 0 Å². The predicted octanol–water partition coefficient (Wildman–Crippen LogP) is 3.51. The minimum Gasteiger partial charge on any atom is -0.496 e. The van der Waals surface area contributed by atoms with E-state index in [1.807, 2.05) is 13.8 Å². The highest BCUT2D eigenvalue weighted by atomic mass is 32.2. The molecule has 2 rings (SSSR count). The molecule has 0 bridgehead atoms. The highest BCUT2D eigenvalue weighted by Gasteiger charge is 2.20. The molecule has 0 amide bonds. The maximum atomic E-state index is 12.7. The second kappa shape index (κ2) is 6.91. The SMILES string of the molecule is CCOc1ccccc1NS(=O)(=O)c1cc(C)c(OC)cc1C. The fourth-order valence-corrected chi connectivity index (χ4v) is 3.69. The quantitative estimate of drug-likeness (QED) is 0.877. The van der Waals surface area contributed by atoms with E-state index in [9.17, 15) is 8.42 Å². The topological polar surface area (TPSA) is 64.6 Å². The summed E-state index contributed by atoms with van der Waals surface area (Å²) in [4.78, 5) is 0.224. The first kappa shape index (κ1) is 17.1. The van der Waals surface area contributed by atoms with E-state index in [-0.39, 0.29) is 4.90 Å². The first-order valence-corrected chi connectivity index (χ1v) is 8.77. The molecule has 2 aromatic rings. The van der Waals surface area contributed by atoms with Crippen molar-refractivity contribution in [3.05, 3.63) is 47.5 Å². The number of anilines is 1. The lowest BCUT2D eigenvalue weighted by Crippen LogP contribution is -2.15. The van der Waals surface area contributed by atoms with E-state index in [0.29, 0.717) is 29.4 Å². The number of hydrogen-bond acceptors (Lipinski definition) is 4. The van der Waals surface area contributed by atoms with Gasteiger partial charge in [-0.3, -0.25) is 4.72 Å². The van der Waals surface area contributed by atoms with E-state index in [1.165, 1.54) is 0 Å². The van der Waals surface area contributed by atoms with Gasteiger partial charge in [0.1, 0.15) is 11.5 Å². The van der Waals surface area contributed by atoms with Crippen LogP contribution in [0.5, 0.6) is 11.5 Å². The van der Waals surface area contributed by atoms with Gasteiger partial charge in [0.25, 0.3) is 10.0 Å². The Kier molecular flexibility index (Phi) is 5.15. The molecule has 0 atom stereocenters. The van der Waals surface area contributed by atoms with Gasteiger partial charge in [0, 0.05) is 0 Å². The molecule has 0 aliphatic heterocycles. The summed E-state index contributed by atoms with van der Waals surface area (Å²) in [5.74, 6) is 1.16. The summed E-state index contributed by atoms with van der Waals surface area (Å²) < 4.78 is 38.7. The van der Waals surface area contributed by atoms with E-state index >= 15 is 0 Å². The summed E-state index contributed by atoms with van der Waals surface area (Å²) in [5.41, 5.74) is 1.80. The van der Waals surface area contributed by atoms with E-state index in [1.54, 1.807) is 50.4 Å². The molecule has 0 fully saturated rings. The average molecular weight is 335 g/mol. The summed E-state index contributed by atoms with van der Waals surface area (Å²) in [6, 6.07) is 10.3. The number of aryl methyl sites for hydroxylation is 2. The molecule has 0 saturated carbocycles. The van der Waals surface area contributed by atoms with Gasteiger partial charge in [-0.1, -0.05) is 12.1 Å². The first-order chi connectivity index (χ1) is 10.9. The fourth-order valence-electron chi connectivity index (χ4n) is 2.30. The molecule has 6 heteroatoms. The maximum Gasteiger partial charge on any atom is 0.262 e. The van der Waals surface area contributed by atoms with Gasteiger partial charge in [0.2, 0.25) is 0 Å². The molecule has 2 aromatic carbocycles. The van der Waals surface area contributed by atoms with Crippen molar-refractivity contribution in [3.63, 3.8) is 0 Å². The molecule has 0 unspecified atom stereocenters. The molecular formula is C17H21NO4S. The van der Waals surface area contributed by atoms with Crippen LogP contribution in [0, 0.1) is 13.8 Å². The van der Waals surface area contributed by atoms with E-state index < -0.39 is 10.0 Å². The zero-order chi connectivity index (χ0) is 17.0. The lowest BCUT2D eigenvalue weighted by atomic mass is 10.1. The number of hydrogen-bond donors (Lipinski definition) is 1. The third kappa shape index (κ3) is 3.76. The first-order valence-electron chi connectivity index (χ1n) is 7.29. The van der Waals surface area contributed by atoms with E-state index in [2.05, 4.69) is 4.72 Å². The predicted molar refractivity (Wildman–Crippen MR) is 90.9 cm³/mol. The van der Waals surface area contributed by atoms with Crippen LogP contribution in [-0.2, 0) is 10.0 Å². The largest absolute Gasteiger partial charge is 0.496 e. The van der Waals surface area contributed by atoms with Crippen molar-refractivity contribution in [2.75, 3.05) is 18.4 Å². The fraction of sp³-hybridized carbons (Fsp3) is 0.294. The Hall–Kier alpha value is -2.21. The Bertz CT molecular complexity index is 800. The Morgan fingerprint density at radius 2 is 1.74 bits per heavy atom. The Balaban J connectivity index is 2.42. The van der Waals surface area contributed by atoms with Gasteiger partial charge in [0.15, 0.2) is 0 Å². The smallest absolute Gasteiger partial charge is 0.262 e. The van der Waals surface area contributed by atoms with Crippen molar-refractivity contribution in [2.45, 2.75) is 25.7 Å². The van der Waals surface area contributed by atoms with Crippen molar-refractivity contribution in [2.24, 2.45) is 0 Å². The molecule has 0 aromatic heterocycles. The third-order valence-electron chi connectivity index (χ3n) is 3.41. The average Bonchev–Trinajstić information content (AvgIpc) is 2.51. The minimum atomic E-state index is -3.72. The molecular weight excluding hydrogens is 314 g/mol. The van der Waals surface area contributed by atoms with Gasteiger partial charge >= 0.3 is 0 Å². The van der Waals surface area contributed by atoms with Crippen LogP contribution in [0.4, 0.5) is 5.69 Å². The zero-order valence-electron chi connectivity index (χ0n) is 13.7. The molecule has 124 valence electrons. The van der Waals surface area contributed by atoms with Gasteiger partial charge in [-0.05, 0) is 56.2 Å². The van der Waals surface area contributed by atoms with Crippen molar-refractivity contribution < 1.29 is 17.9 Å². The van der Waals surface area contributed by atoms with Crippen LogP contribution in [0.2, 0.25) is 0 Å². The number of benzene rings is 2. The number of nitrogens with one attached hydrogen (secondary N) is 1. The Morgan fingerprint density at radius 3 is 2.39 bits per heavy atom. The van der Waals surface area contributed by atoms with Crippen molar-refractivity contribution >= 4 is 15.7 Å². The van der Waals surface area contributed by atoms with Crippen LogP contribution in [0.15, 0.2) is 41.3 Å². The van der Waals surface area contributed by atoms with Crippen molar-refractivity contribution in [1.82, 2.24) is 0 Å². The molecule has 5 nitrogen and oxygen atoms in total. The lowest BCUT2D eigenvalue weighted by Gasteiger charge is -2.15. The van der Waals surface area contributed by atoms with Gasteiger partial charge in [-0.25, -0.2) is 8.42 Å². The zero-order valence-corrected chi connectivity index (χ0v) is 14.5. The Labute approximate surface area is 137 Å². The molecule has 0 aliphatic carbocycles. The van der Waals surface area contributed by atoms with Crippen molar-refractivity contribution in [3.8, 4) is 11.5 Å². The standard InChI is InChI=1S/C17H21NO4S/c1-5-22-15-9-7-6-8-14(15)18-23(19,20)17-11-12(2)16(21-4)10-13(17)3/h6-11,18H,5H2,1-4H3. The van der Waals surface area contributed by atoms with Gasteiger partial charge in [-0.2, -0.15) is 0 Å². The summed E-state index contributed by atoms with van der Waals surface area (Å²) in [6.45, 7) is 5.86. The van der Waals surface area contributed by atoms with Crippen LogP contribution in [-0.4, -0.2) is 22.1 Å². The van der Waals surface area contributed by atoms with Crippen molar-refractivity contribution in [1.29, 1.82) is 0 Å². The molecule has 0 spiro atoms. The molecule has 23 heavy (non-hydrogen) atoms. The summed E-state index contributed by atoms with van der Waals surface area (Å²) in [5, 5.41) is 0. The molecule has 0 radical (unpaired) electrons. The molecule has 0 aliphatic rings. The van der Waals surface area contributed by atoms with Crippen LogP contribution in [0.1, 0.15) is 18.1 Å². The number of sulfonamides is 1. The number of rotatable bonds is 6. The second-order valence-electron chi connectivity index (χ2n) is 5.12. The maximum absolute atomic E-state index is 12.7. The number of methoxy groups -OCH3 is 1. The third-order valence-corrected chi connectivity index (χ3v) is 4.92. The minimum absolute atomic E-state index is 0.224. The second-order valence-corrected chi connectivity index (χ2v) is 6.77. The summed E-state index contributed by atoms with van der Waals surface area (Å²) >= 11 is 0. The van der Waals surface area contributed by atoms with Crippen LogP contribution in [0.25, 0.3) is 0 Å².